The molecule has 0 saturated heterocycles. The second-order valence-electron chi connectivity index (χ2n) is 5.35. The van der Waals surface area contributed by atoms with Crippen LogP contribution in [0, 0.1) is 0 Å². The van der Waals surface area contributed by atoms with E-state index in [4.69, 9.17) is 0 Å². The number of amides is 1. The van der Waals surface area contributed by atoms with Gasteiger partial charge in [0.2, 0.25) is 0 Å². The van der Waals surface area contributed by atoms with Crippen molar-refractivity contribution in [2.24, 2.45) is 0 Å². The second-order valence-corrected chi connectivity index (χ2v) is 5.35. The van der Waals surface area contributed by atoms with Crippen molar-refractivity contribution in [2.75, 3.05) is 5.32 Å². The van der Waals surface area contributed by atoms with Crippen LogP contribution < -0.4 is 5.32 Å². The molecule has 4 aromatic rings. The van der Waals surface area contributed by atoms with Crippen LogP contribution in [0.3, 0.4) is 0 Å². The van der Waals surface area contributed by atoms with Crippen LogP contribution in [0.15, 0.2) is 73.3 Å². The van der Waals surface area contributed by atoms with Gasteiger partial charge in [-0.3, -0.25) is 9.78 Å². The molecule has 3 heterocycles. The Bertz CT molecular complexity index is 1040. The van der Waals surface area contributed by atoms with Crippen molar-refractivity contribution in [2.45, 2.75) is 0 Å². The highest BCUT2D eigenvalue weighted by Crippen LogP contribution is 2.21. The molecule has 1 N–H and O–H groups in total. The van der Waals surface area contributed by atoms with E-state index in [-0.39, 0.29) is 5.91 Å². The third-order valence-corrected chi connectivity index (χ3v) is 3.68. The van der Waals surface area contributed by atoms with Gasteiger partial charge in [0, 0.05) is 35.7 Å². The second kappa shape index (κ2) is 6.45. The summed E-state index contributed by atoms with van der Waals surface area (Å²) in [6, 6.07) is 14.5. The summed E-state index contributed by atoms with van der Waals surface area (Å²) in [6.07, 6.45) is 6.72. The molecule has 1 amide bonds. The predicted octanol–water partition coefficient (Wildman–Crippen LogP) is 3.34. The van der Waals surface area contributed by atoms with E-state index in [0.29, 0.717) is 22.7 Å². The quantitative estimate of drug-likeness (QED) is 0.624. The number of hydrogen-bond acceptors (Lipinski definition) is 5. The first-order chi connectivity index (χ1) is 12.3. The van der Waals surface area contributed by atoms with Crippen LogP contribution in [0.1, 0.15) is 10.4 Å². The zero-order valence-electron chi connectivity index (χ0n) is 13.1. The number of anilines is 1. The van der Waals surface area contributed by atoms with E-state index >= 15 is 0 Å². The first-order valence-electron chi connectivity index (χ1n) is 7.70. The molecule has 4 rings (SSSR count). The van der Waals surface area contributed by atoms with Crippen molar-refractivity contribution in [3.05, 3.63) is 78.9 Å². The first-order valence-corrected chi connectivity index (χ1v) is 7.70. The topological polar surface area (TPSA) is 80.7 Å². The zero-order valence-corrected chi connectivity index (χ0v) is 13.1. The van der Waals surface area contributed by atoms with Gasteiger partial charge in [0.1, 0.15) is 5.82 Å². The highest BCUT2D eigenvalue weighted by atomic mass is 16.1. The third kappa shape index (κ3) is 3.05. The van der Waals surface area contributed by atoms with Crippen molar-refractivity contribution in [3.63, 3.8) is 0 Å². The molecular weight excluding hydrogens is 314 g/mol. The molecule has 0 fully saturated rings. The Morgan fingerprint density at radius 3 is 2.64 bits per heavy atom. The van der Waals surface area contributed by atoms with E-state index in [1.54, 1.807) is 43.0 Å². The molecule has 0 radical (unpaired) electrons. The molecule has 6 heteroatoms. The summed E-state index contributed by atoms with van der Waals surface area (Å²) >= 11 is 0. The number of rotatable bonds is 3. The largest absolute Gasteiger partial charge is 0.306 e. The molecular formula is C19H13N5O. The number of benzene rings is 1. The van der Waals surface area contributed by atoms with Gasteiger partial charge in [0.25, 0.3) is 5.91 Å². The number of fused-ring (bicyclic) bond motifs is 1. The maximum atomic E-state index is 12.7. The van der Waals surface area contributed by atoms with Gasteiger partial charge >= 0.3 is 0 Å². The van der Waals surface area contributed by atoms with Crippen LogP contribution in [0.5, 0.6) is 0 Å². The smallest absolute Gasteiger partial charge is 0.259 e. The van der Waals surface area contributed by atoms with Crippen LogP contribution in [-0.2, 0) is 0 Å². The van der Waals surface area contributed by atoms with E-state index in [1.807, 2.05) is 30.3 Å². The summed E-state index contributed by atoms with van der Waals surface area (Å²) in [5.74, 6) is 0.755. The minimum absolute atomic E-state index is 0.264. The molecule has 0 unspecified atom stereocenters. The lowest BCUT2D eigenvalue weighted by Crippen LogP contribution is -2.13. The lowest BCUT2D eigenvalue weighted by molar-refractivity contribution is 0.102. The lowest BCUT2D eigenvalue weighted by atomic mass is 10.1. The minimum atomic E-state index is -0.264. The normalized spacial score (nSPS) is 10.6. The highest BCUT2D eigenvalue weighted by molar-refractivity contribution is 6.11. The summed E-state index contributed by atoms with van der Waals surface area (Å²) in [5.41, 5.74) is 1.85. The van der Waals surface area contributed by atoms with Crippen molar-refractivity contribution < 1.29 is 4.79 Å². The number of hydrogen-bond donors (Lipinski definition) is 1. The Kier molecular flexibility index (Phi) is 3.84. The van der Waals surface area contributed by atoms with E-state index in [2.05, 4.69) is 25.3 Å². The lowest BCUT2D eigenvalue weighted by Gasteiger charge is -2.08. The summed E-state index contributed by atoms with van der Waals surface area (Å²) in [5, 5.41) is 3.58. The average molecular weight is 327 g/mol. The Hall–Kier alpha value is -3.67. The SMILES string of the molecule is O=C(Nc1ccccn1)c1cccc2cnc(-c3cccnc3)nc12. The maximum Gasteiger partial charge on any atom is 0.259 e. The molecule has 0 saturated carbocycles. The highest BCUT2D eigenvalue weighted by Gasteiger charge is 2.13. The molecule has 0 spiro atoms. The first kappa shape index (κ1) is 14.9. The number of aromatic nitrogens is 4. The number of nitrogens with one attached hydrogen (secondary N) is 1. The molecule has 0 aliphatic heterocycles. The van der Waals surface area contributed by atoms with Crippen molar-refractivity contribution >= 4 is 22.6 Å². The minimum Gasteiger partial charge on any atom is -0.306 e. The molecule has 0 aliphatic rings. The van der Waals surface area contributed by atoms with Crippen LogP contribution in [-0.4, -0.2) is 25.8 Å². The number of nitrogens with zero attached hydrogens (tertiary/aromatic N) is 4. The van der Waals surface area contributed by atoms with Crippen LogP contribution in [0.4, 0.5) is 5.82 Å². The molecule has 0 bridgehead atoms. The molecule has 25 heavy (non-hydrogen) atoms. The monoisotopic (exact) mass is 327 g/mol. The Morgan fingerprint density at radius 2 is 1.84 bits per heavy atom. The summed E-state index contributed by atoms with van der Waals surface area (Å²) in [7, 11) is 0. The van der Waals surface area contributed by atoms with Crippen LogP contribution in [0.25, 0.3) is 22.3 Å². The van der Waals surface area contributed by atoms with Gasteiger partial charge in [-0.25, -0.2) is 15.0 Å². The van der Waals surface area contributed by atoms with Gasteiger partial charge in [0.05, 0.1) is 11.1 Å². The fourth-order valence-electron chi connectivity index (χ4n) is 2.49. The van der Waals surface area contributed by atoms with Gasteiger partial charge in [-0.1, -0.05) is 18.2 Å². The summed E-state index contributed by atoms with van der Waals surface area (Å²) in [4.78, 5) is 29.8. The number of carbonyl (C=O) groups is 1. The van der Waals surface area contributed by atoms with E-state index in [0.717, 1.165) is 10.9 Å². The van der Waals surface area contributed by atoms with Crippen LogP contribution >= 0.6 is 0 Å². The number of pyridine rings is 2. The van der Waals surface area contributed by atoms with Gasteiger partial charge in [0.15, 0.2) is 5.82 Å². The predicted molar refractivity (Wildman–Crippen MR) is 95.0 cm³/mol. The fourth-order valence-corrected chi connectivity index (χ4v) is 2.49. The van der Waals surface area contributed by atoms with Crippen molar-refractivity contribution in [1.29, 1.82) is 0 Å². The van der Waals surface area contributed by atoms with E-state index in [9.17, 15) is 4.79 Å². The van der Waals surface area contributed by atoms with Gasteiger partial charge < -0.3 is 5.32 Å². The molecule has 3 aromatic heterocycles. The van der Waals surface area contributed by atoms with E-state index in [1.165, 1.54) is 0 Å². The number of carbonyl (C=O) groups excluding carboxylic acids is 1. The Labute approximate surface area is 143 Å². The van der Waals surface area contributed by atoms with Gasteiger partial charge in [-0.05, 0) is 30.3 Å². The maximum absolute atomic E-state index is 12.7. The Balaban J connectivity index is 1.77. The fraction of sp³-hybridized carbons (Fsp3) is 0. The van der Waals surface area contributed by atoms with Gasteiger partial charge in [-0.2, -0.15) is 0 Å². The average Bonchev–Trinajstić information content (AvgIpc) is 2.68. The van der Waals surface area contributed by atoms with Gasteiger partial charge in [-0.15, -0.1) is 0 Å². The van der Waals surface area contributed by atoms with Crippen molar-refractivity contribution in [1.82, 2.24) is 19.9 Å². The molecule has 120 valence electrons. The Morgan fingerprint density at radius 1 is 0.880 bits per heavy atom. The third-order valence-electron chi connectivity index (χ3n) is 3.68. The summed E-state index contributed by atoms with van der Waals surface area (Å²) in [6.45, 7) is 0. The molecule has 6 nitrogen and oxygen atoms in total. The summed E-state index contributed by atoms with van der Waals surface area (Å²) < 4.78 is 0. The molecule has 0 atom stereocenters. The molecule has 1 aromatic carbocycles. The zero-order chi connectivity index (χ0) is 17.1. The van der Waals surface area contributed by atoms with Crippen LogP contribution in [0.2, 0.25) is 0 Å². The molecule has 0 aliphatic carbocycles. The standard InChI is InChI=1S/C19H13N5O/c25-19(23-16-8-1-2-10-21-16)15-7-3-5-13-12-22-18(24-17(13)15)14-6-4-9-20-11-14/h1-12H,(H,21,23,25). The van der Waals surface area contributed by atoms with Crippen molar-refractivity contribution in [3.8, 4) is 11.4 Å². The number of para-hydroxylation sites is 1. The van der Waals surface area contributed by atoms with E-state index < -0.39 is 0 Å².